The maximum atomic E-state index is 8.76. The number of hydrogen-bond donors (Lipinski definition) is 0. The smallest absolute Gasteiger partial charge is 0.118 e. The van der Waals surface area contributed by atoms with Crippen molar-refractivity contribution >= 4 is 0 Å². The Morgan fingerprint density at radius 3 is 2.47 bits per heavy atom. The van der Waals surface area contributed by atoms with Crippen molar-refractivity contribution in [2.24, 2.45) is 0 Å². The second-order valence-electron chi connectivity index (χ2n) is 4.19. The molecule has 0 heterocycles. The van der Waals surface area contributed by atoms with Crippen molar-refractivity contribution in [1.82, 2.24) is 4.90 Å². The van der Waals surface area contributed by atoms with Crippen molar-refractivity contribution < 1.29 is 4.74 Å². The average Bonchev–Trinajstić information content (AvgIpc) is 2.36. The van der Waals surface area contributed by atoms with Crippen molar-refractivity contribution in [3.8, 4) is 11.8 Å². The minimum Gasteiger partial charge on any atom is -0.497 e. The van der Waals surface area contributed by atoms with Gasteiger partial charge in [-0.2, -0.15) is 5.26 Å². The molecule has 0 bridgehead atoms. The Morgan fingerprint density at radius 2 is 2.00 bits per heavy atom. The van der Waals surface area contributed by atoms with Crippen LogP contribution in [-0.2, 0) is 6.54 Å². The lowest BCUT2D eigenvalue weighted by Gasteiger charge is -2.25. The molecule has 1 unspecified atom stereocenters. The van der Waals surface area contributed by atoms with Crippen LogP contribution in [0.5, 0.6) is 5.75 Å². The van der Waals surface area contributed by atoms with E-state index >= 15 is 0 Å². The zero-order valence-corrected chi connectivity index (χ0v) is 10.8. The summed E-state index contributed by atoms with van der Waals surface area (Å²) in [4.78, 5) is 2.23. The number of hydrogen-bond acceptors (Lipinski definition) is 3. The van der Waals surface area contributed by atoms with Crippen molar-refractivity contribution in [2.75, 3.05) is 14.2 Å². The first kappa shape index (κ1) is 13.5. The van der Waals surface area contributed by atoms with Gasteiger partial charge in [-0.05, 0) is 31.2 Å². The molecule has 0 fully saturated rings. The van der Waals surface area contributed by atoms with E-state index < -0.39 is 0 Å². The van der Waals surface area contributed by atoms with E-state index in [0.717, 1.165) is 18.7 Å². The van der Waals surface area contributed by atoms with Crippen LogP contribution >= 0.6 is 0 Å². The van der Waals surface area contributed by atoms with Crippen LogP contribution in [0.3, 0.4) is 0 Å². The first-order valence-corrected chi connectivity index (χ1v) is 5.91. The van der Waals surface area contributed by atoms with E-state index in [9.17, 15) is 0 Å². The van der Waals surface area contributed by atoms with Gasteiger partial charge >= 0.3 is 0 Å². The Bertz CT molecular complexity index is 367. The Kier molecular flexibility index (Phi) is 5.51. The van der Waals surface area contributed by atoms with Gasteiger partial charge in [0.25, 0.3) is 0 Å². The van der Waals surface area contributed by atoms with Gasteiger partial charge in [0.05, 0.1) is 19.6 Å². The maximum absolute atomic E-state index is 8.76. The van der Waals surface area contributed by atoms with Crippen molar-refractivity contribution in [3.63, 3.8) is 0 Å². The first-order valence-electron chi connectivity index (χ1n) is 5.91. The van der Waals surface area contributed by atoms with Gasteiger partial charge < -0.3 is 4.74 Å². The number of nitrogens with zero attached hydrogens (tertiary/aromatic N) is 2. The molecule has 0 aromatic heterocycles. The van der Waals surface area contributed by atoms with Gasteiger partial charge in [-0.25, -0.2) is 0 Å². The quantitative estimate of drug-likeness (QED) is 0.756. The highest BCUT2D eigenvalue weighted by atomic mass is 16.5. The Labute approximate surface area is 104 Å². The van der Waals surface area contributed by atoms with Crippen LogP contribution in [0, 0.1) is 11.3 Å². The lowest BCUT2D eigenvalue weighted by molar-refractivity contribution is 0.230. The van der Waals surface area contributed by atoms with E-state index in [0.29, 0.717) is 12.5 Å². The van der Waals surface area contributed by atoms with Gasteiger partial charge in [0.1, 0.15) is 5.75 Å². The maximum Gasteiger partial charge on any atom is 0.118 e. The van der Waals surface area contributed by atoms with E-state index in [2.05, 4.69) is 37.1 Å². The fourth-order valence-electron chi connectivity index (χ4n) is 1.87. The molecule has 0 N–H and O–H groups in total. The average molecular weight is 232 g/mol. The molecule has 1 rings (SSSR count). The van der Waals surface area contributed by atoms with Crippen LogP contribution in [0.2, 0.25) is 0 Å². The van der Waals surface area contributed by atoms with Gasteiger partial charge in [-0.3, -0.25) is 4.90 Å². The van der Waals surface area contributed by atoms with E-state index in [1.807, 2.05) is 12.1 Å². The molecule has 0 saturated carbocycles. The molecule has 1 atom stereocenters. The number of methoxy groups -OCH3 is 1. The van der Waals surface area contributed by atoms with Crippen LogP contribution in [0.4, 0.5) is 0 Å². The van der Waals surface area contributed by atoms with Crippen LogP contribution in [-0.4, -0.2) is 25.1 Å². The van der Waals surface area contributed by atoms with Gasteiger partial charge in [-0.15, -0.1) is 0 Å². The summed E-state index contributed by atoms with van der Waals surface area (Å²) in [6.45, 7) is 2.98. The van der Waals surface area contributed by atoms with Crippen LogP contribution < -0.4 is 4.74 Å². The van der Waals surface area contributed by atoms with Crippen LogP contribution in [0.1, 0.15) is 25.3 Å². The molecule has 17 heavy (non-hydrogen) atoms. The summed E-state index contributed by atoms with van der Waals surface area (Å²) in [5, 5.41) is 8.76. The minimum atomic E-state index is 0.335. The van der Waals surface area contributed by atoms with E-state index in [1.54, 1.807) is 7.11 Å². The van der Waals surface area contributed by atoms with E-state index in [-0.39, 0.29) is 0 Å². The summed E-state index contributed by atoms with van der Waals surface area (Å²) >= 11 is 0. The van der Waals surface area contributed by atoms with Gasteiger partial charge in [0.2, 0.25) is 0 Å². The van der Waals surface area contributed by atoms with Crippen LogP contribution in [0.15, 0.2) is 24.3 Å². The first-order chi connectivity index (χ1) is 8.21. The summed E-state index contributed by atoms with van der Waals surface area (Å²) in [6, 6.07) is 10.6. The third-order valence-electron chi connectivity index (χ3n) is 3.01. The highest BCUT2D eigenvalue weighted by Crippen LogP contribution is 2.15. The van der Waals surface area contributed by atoms with Crippen molar-refractivity contribution in [1.29, 1.82) is 5.26 Å². The second kappa shape index (κ2) is 6.93. The molecule has 1 aromatic rings. The van der Waals surface area contributed by atoms with Crippen molar-refractivity contribution in [3.05, 3.63) is 29.8 Å². The molecular formula is C14H20N2O. The second-order valence-corrected chi connectivity index (χ2v) is 4.19. The minimum absolute atomic E-state index is 0.335. The molecule has 0 spiro atoms. The summed E-state index contributed by atoms with van der Waals surface area (Å²) in [5.41, 5.74) is 1.24. The summed E-state index contributed by atoms with van der Waals surface area (Å²) < 4.78 is 5.12. The monoisotopic (exact) mass is 232 g/mol. The molecule has 92 valence electrons. The number of ether oxygens (including phenoxy) is 1. The molecule has 0 amide bonds. The molecule has 0 aliphatic rings. The normalized spacial score (nSPS) is 12.2. The molecule has 1 aromatic carbocycles. The molecule has 3 heteroatoms. The molecule has 3 nitrogen and oxygen atoms in total. The number of nitriles is 1. The SMILES string of the molecule is CCC(CC#N)N(C)Cc1ccc(OC)cc1. The molecule has 0 aliphatic heterocycles. The zero-order chi connectivity index (χ0) is 12.7. The standard InChI is InChI=1S/C14H20N2O/c1-4-13(9-10-15)16(2)11-12-5-7-14(17-3)8-6-12/h5-8,13H,4,9,11H2,1-3H3. The summed E-state index contributed by atoms with van der Waals surface area (Å²) in [7, 11) is 3.73. The van der Waals surface area contributed by atoms with E-state index in [4.69, 9.17) is 10.00 Å². The number of benzene rings is 1. The van der Waals surface area contributed by atoms with Crippen molar-refractivity contribution in [2.45, 2.75) is 32.4 Å². The lowest BCUT2D eigenvalue weighted by atomic mass is 10.1. The Balaban J connectivity index is 2.60. The Hall–Kier alpha value is -1.53. The predicted octanol–water partition coefficient (Wildman–Crippen LogP) is 2.82. The number of rotatable bonds is 6. The van der Waals surface area contributed by atoms with E-state index in [1.165, 1.54) is 5.56 Å². The summed E-state index contributed by atoms with van der Waals surface area (Å²) in [5.74, 6) is 0.875. The topological polar surface area (TPSA) is 36.3 Å². The predicted molar refractivity (Wildman–Crippen MR) is 68.8 cm³/mol. The largest absolute Gasteiger partial charge is 0.497 e. The molecular weight excluding hydrogens is 212 g/mol. The fraction of sp³-hybridized carbons (Fsp3) is 0.500. The zero-order valence-electron chi connectivity index (χ0n) is 10.8. The van der Waals surface area contributed by atoms with Crippen LogP contribution in [0.25, 0.3) is 0 Å². The lowest BCUT2D eigenvalue weighted by Crippen LogP contribution is -2.30. The summed E-state index contributed by atoms with van der Waals surface area (Å²) in [6.07, 6.45) is 1.59. The van der Waals surface area contributed by atoms with Gasteiger partial charge in [-0.1, -0.05) is 19.1 Å². The molecule has 0 aliphatic carbocycles. The van der Waals surface area contributed by atoms with Gasteiger partial charge in [0, 0.05) is 12.6 Å². The molecule has 0 radical (unpaired) electrons. The molecule has 0 saturated heterocycles. The highest BCUT2D eigenvalue weighted by Gasteiger charge is 2.12. The third-order valence-corrected chi connectivity index (χ3v) is 3.01. The van der Waals surface area contributed by atoms with Gasteiger partial charge in [0.15, 0.2) is 0 Å². The fourth-order valence-corrected chi connectivity index (χ4v) is 1.87. The third kappa shape index (κ3) is 4.08. The Morgan fingerprint density at radius 1 is 1.35 bits per heavy atom. The highest BCUT2D eigenvalue weighted by molar-refractivity contribution is 5.27.